The third-order valence-electron chi connectivity index (χ3n) is 2.83. The molecule has 0 aromatic carbocycles. The molecule has 0 bridgehead atoms. The Bertz CT molecular complexity index is 360. The van der Waals surface area contributed by atoms with Gasteiger partial charge in [-0.15, -0.1) is 0 Å². The first-order valence-corrected chi connectivity index (χ1v) is 6.68. The summed E-state index contributed by atoms with van der Waals surface area (Å²) in [5.41, 5.74) is 2.52. The number of sulfone groups is 1. The lowest BCUT2D eigenvalue weighted by Gasteiger charge is -2.32. The first-order chi connectivity index (χ1) is 6.80. The molecule has 1 unspecified atom stereocenters. The third kappa shape index (κ3) is 2.32. The maximum atomic E-state index is 11.6. The highest BCUT2D eigenvalue weighted by molar-refractivity contribution is 7.92. The summed E-state index contributed by atoms with van der Waals surface area (Å²) in [4.78, 5) is 0. The fourth-order valence-electron chi connectivity index (χ4n) is 1.48. The Balaban J connectivity index is 3.01. The Hall–Kier alpha value is -0.590. The van der Waals surface area contributed by atoms with Gasteiger partial charge < -0.3 is 4.74 Å². The van der Waals surface area contributed by atoms with E-state index in [4.69, 9.17) is 10.6 Å². The zero-order valence-electron chi connectivity index (χ0n) is 9.28. The molecule has 1 aliphatic rings. The molecular weight excluding hydrogens is 216 g/mol. The van der Waals surface area contributed by atoms with Crippen LogP contribution in [0.25, 0.3) is 0 Å². The molecule has 3 N–H and O–H groups in total. The first-order valence-electron chi connectivity index (χ1n) is 4.79. The van der Waals surface area contributed by atoms with Gasteiger partial charge in [0.1, 0.15) is 5.76 Å². The van der Waals surface area contributed by atoms with Gasteiger partial charge in [0, 0.05) is 12.7 Å². The van der Waals surface area contributed by atoms with Gasteiger partial charge in [0.05, 0.1) is 17.4 Å². The van der Waals surface area contributed by atoms with Crippen LogP contribution >= 0.6 is 0 Å². The molecule has 1 heterocycles. The molecular formula is C9H18N2O3S. The fourth-order valence-corrected chi connectivity index (χ4v) is 2.09. The predicted octanol–water partition coefficient (Wildman–Crippen LogP) is -0.0543. The van der Waals surface area contributed by atoms with Gasteiger partial charge in [-0.2, -0.15) is 0 Å². The lowest BCUT2D eigenvalue weighted by atomic mass is 10.0. The monoisotopic (exact) mass is 234 g/mol. The number of nitrogens with one attached hydrogen (secondary N) is 1. The number of rotatable bonds is 4. The first kappa shape index (κ1) is 12.5. The van der Waals surface area contributed by atoms with Crippen molar-refractivity contribution in [2.45, 2.75) is 31.1 Å². The van der Waals surface area contributed by atoms with Crippen LogP contribution < -0.4 is 11.3 Å². The van der Waals surface area contributed by atoms with E-state index < -0.39 is 20.6 Å². The summed E-state index contributed by atoms with van der Waals surface area (Å²) in [7, 11) is -3.21. The smallest absolute Gasteiger partial charge is 0.154 e. The minimum absolute atomic E-state index is 0.505. The van der Waals surface area contributed by atoms with Crippen LogP contribution in [0.1, 0.15) is 20.3 Å². The molecule has 5 nitrogen and oxygen atoms in total. The van der Waals surface area contributed by atoms with Crippen molar-refractivity contribution in [3.8, 4) is 0 Å². The van der Waals surface area contributed by atoms with Crippen LogP contribution in [0.4, 0.5) is 0 Å². The topological polar surface area (TPSA) is 81.4 Å². The number of hydrogen-bond acceptors (Lipinski definition) is 5. The molecule has 0 radical (unpaired) electrons. The Morgan fingerprint density at radius 1 is 1.60 bits per heavy atom. The minimum atomic E-state index is -3.21. The molecule has 0 aromatic rings. The predicted molar refractivity (Wildman–Crippen MR) is 58.7 cm³/mol. The second kappa shape index (κ2) is 4.11. The van der Waals surface area contributed by atoms with Crippen molar-refractivity contribution in [2.24, 2.45) is 5.84 Å². The van der Waals surface area contributed by atoms with E-state index >= 15 is 0 Å². The fraction of sp³-hybridized carbons (Fsp3) is 0.778. The van der Waals surface area contributed by atoms with Crippen LogP contribution in [-0.2, 0) is 14.6 Å². The highest BCUT2D eigenvalue weighted by Gasteiger charge is 2.42. The van der Waals surface area contributed by atoms with Crippen LogP contribution in [-0.4, -0.2) is 32.1 Å². The zero-order chi connectivity index (χ0) is 11.7. The lowest BCUT2D eigenvalue weighted by molar-refractivity contribution is 0.203. The largest absolute Gasteiger partial charge is 0.496 e. The molecule has 1 rings (SSSR count). The number of ether oxygens (including phenoxy) is 1. The van der Waals surface area contributed by atoms with Crippen molar-refractivity contribution in [1.29, 1.82) is 0 Å². The number of hydrogen-bond donors (Lipinski definition) is 2. The highest BCUT2D eigenvalue weighted by Crippen LogP contribution is 2.27. The SMILES string of the molecule is CC(C)(C(NN)C1=CCCO1)S(C)(=O)=O. The molecule has 0 spiro atoms. The van der Waals surface area contributed by atoms with E-state index in [0.29, 0.717) is 12.4 Å². The minimum Gasteiger partial charge on any atom is -0.496 e. The summed E-state index contributed by atoms with van der Waals surface area (Å²) in [6.45, 7) is 3.86. The van der Waals surface area contributed by atoms with Crippen molar-refractivity contribution in [3.05, 3.63) is 11.8 Å². The van der Waals surface area contributed by atoms with Crippen molar-refractivity contribution in [2.75, 3.05) is 12.9 Å². The van der Waals surface area contributed by atoms with Gasteiger partial charge >= 0.3 is 0 Å². The van der Waals surface area contributed by atoms with Crippen LogP contribution in [0.3, 0.4) is 0 Å². The maximum absolute atomic E-state index is 11.6. The van der Waals surface area contributed by atoms with Crippen molar-refractivity contribution in [3.63, 3.8) is 0 Å². The average Bonchev–Trinajstić information content (AvgIpc) is 2.55. The van der Waals surface area contributed by atoms with Crippen LogP contribution in [0.2, 0.25) is 0 Å². The molecule has 0 saturated heterocycles. The molecule has 15 heavy (non-hydrogen) atoms. The summed E-state index contributed by atoms with van der Waals surface area (Å²) in [6, 6.07) is -0.505. The van der Waals surface area contributed by atoms with E-state index in [-0.39, 0.29) is 0 Å². The molecule has 0 fully saturated rings. The van der Waals surface area contributed by atoms with Gasteiger partial charge in [-0.05, 0) is 19.9 Å². The van der Waals surface area contributed by atoms with Gasteiger partial charge in [0.25, 0.3) is 0 Å². The Labute approximate surface area is 90.6 Å². The van der Waals surface area contributed by atoms with E-state index in [1.54, 1.807) is 13.8 Å². The zero-order valence-corrected chi connectivity index (χ0v) is 10.1. The Morgan fingerprint density at radius 2 is 2.20 bits per heavy atom. The lowest BCUT2D eigenvalue weighted by Crippen LogP contribution is -2.55. The van der Waals surface area contributed by atoms with Crippen molar-refractivity contribution < 1.29 is 13.2 Å². The number of nitrogens with two attached hydrogens (primary N) is 1. The summed E-state index contributed by atoms with van der Waals surface area (Å²) in [5.74, 6) is 6.02. The quantitative estimate of drug-likeness (QED) is 0.526. The Kier molecular flexibility index (Phi) is 3.42. The highest BCUT2D eigenvalue weighted by atomic mass is 32.2. The van der Waals surface area contributed by atoms with Crippen LogP contribution in [0.15, 0.2) is 11.8 Å². The molecule has 0 aromatic heterocycles. The van der Waals surface area contributed by atoms with E-state index in [0.717, 1.165) is 6.42 Å². The summed E-state index contributed by atoms with van der Waals surface area (Å²) >= 11 is 0. The normalized spacial score (nSPS) is 19.6. The van der Waals surface area contributed by atoms with Gasteiger partial charge in [-0.25, -0.2) is 13.8 Å². The van der Waals surface area contributed by atoms with E-state index in [9.17, 15) is 8.42 Å². The van der Waals surface area contributed by atoms with Gasteiger partial charge in [0.2, 0.25) is 0 Å². The molecule has 88 valence electrons. The average molecular weight is 234 g/mol. The van der Waals surface area contributed by atoms with Crippen molar-refractivity contribution in [1.82, 2.24) is 5.43 Å². The van der Waals surface area contributed by atoms with Gasteiger partial charge in [-0.1, -0.05) is 0 Å². The summed E-state index contributed by atoms with van der Waals surface area (Å²) in [6.07, 6.45) is 3.87. The van der Waals surface area contributed by atoms with Crippen molar-refractivity contribution >= 4 is 9.84 Å². The molecule has 0 saturated carbocycles. The molecule has 0 amide bonds. The van der Waals surface area contributed by atoms with Gasteiger partial charge in [-0.3, -0.25) is 5.84 Å². The van der Waals surface area contributed by atoms with Crippen LogP contribution in [0, 0.1) is 0 Å². The second-order valence-electron chi connectivity index (χ2n) is 4.22. The molecule has 6 heteroatoms. The summed E-state index contributed by atoms with van der Waals surface area (Å²) < 4.78 is 27.6. The number of hydrazine groups is 1. The summed E-state index contributed by atoms with van der Waals surface area (Å²) in [5, 5.41) is 0. The van der Waals surface area contributed by atoms with Gasteiger partial charge in [0.15, 0.2) is 9.84 Å². The molecule has 1 atom stereocenters. The third-order valence-corrected chi connectivity index (χ3v) is 4.98. The van der Waals surface area contributed by atoms with E-state index in [1.807, 2.05) is 6.08 Å². The Morgan fingerprint density at radius 3 is 2.53 bits per heavy atom. The van der Waals surface area contributed by atoms with Crippen LogP contribution in [0.5, 0.6) is 0 Å². The molecule has 1 aliphatic heterocycles. The van der Waals surface area contributed by atoms with E-state index in [1.165, 1.54) is 6.26 Å². The van der Waals surface area contributed by atoms with E-state index in [2.05, 4.69) is 5.43 Å². The standard InChI is InChI=1S/C9H18N2O3S/c1-9(2,15(3,12)13)8(11-10)7-5-4-6-14-7/h5,8,11H,4,6,10H2,1-3H3. The molecule has 0 aliphatic carbocycles. The second-order valence-corrected chi connectivity index (χ2v) is 6.82. The maximum Gasteiger partial charge on any atom is 0.154 e.